The number of nitrogens with one attached hydrogen (secondary N) is 1. The number of likely N-dealkylation sites (N-methyl/N-ethyl adjacent to an activating group) is 1. The number of aryl methyl sites for hydroxylation is 2. The fourth-order valence-electron chi connectivity index (χ4n) is 10.4. The number of aliphatic hydroxyl groups is 2. The lowest BCUT2D eigenvalue weighted by Crippen LogP contribution is -2.75. The number of imidazole rings is 1. The average molecular weight is 937 g/mol. The van der Waals surface area contributed by atoms with E-state index in [4.69, 9.17) is 23.7 Å². The summed E-state index contributed by atoms with van der Waals surface area (Å²) in [6.07, 6.45) is 7.49. The van der Waals surface area contributed by atoms with Crippen LogP contribution in [-0.4, -0.2) is 156 Å². The van der Waals surface area contributed by atoms with Crippen molar-refractivity contribution in [3.63, 3.8) is 0 Å². The van der Waals surface area contributed by atoms with Crippen LogP contribution in [0.4, 0.5) is 0 Å². The van der Waals surface area contributed by atoms with Crippen LogP contribution in [0.1, 0.15) is 92.7 Å². The van der Waals surface area contributed by atoms with E-state index in [1.54, 1.807) is 51.1 Å². The largest absolute Gasteiger partial charge is 0.458 e. The third-order valence-corrected chi connectivity index (χ3v) is 14.5. The average Bonchev–Trinajstić information content (AvgIpc) is 3.99. The Hall–Kier alpha value is -4.50. The standard InChI is InChI=1S/C48H72N8O11/c1-10-38-48(7,64-28-58)43-39(35(51-43)15-12-18-55-26-36(50-27-55)33-14-11-17-49-24-33)40(59)29(2)23-47(6,63-9)44(31(4)41(60)32(5)45(62)66-38)67-46-42(61)37(22-30(3)65-46)54(8)20-16-34-25-56(53-52-34)19-13-21-57/h11,14,17,24-32,35,37-39,42-44,46,51,57,61H,10,12-13,15-16,18-23H2,1-9H3/t29-,30-,31+,32-,35?,37+,38-,39+,42-,43-,44-,46+,47-,48-/m1/s1. The highest BCUT2D eigenvalue weighted by atomic mass is 16.7. The van der Waals surface area contributed by atoms with Crippen LogP contribution in [-0.2, 0) is 62.4 Å². The first-order valence-corrected chi connectivity index (χ1v) is 23.8. The van der Waals surface area contributed by atoms with Crippen LogP contribution in [0.5, 0.6) is 0 Å². The highest BCUT2D eigenvalue weighted by Crippen LogP contribution is 2.43. The fourth-order valence-corrected chi connectivity index (χ4v) is 10.4. The molecule has 0 amide bonds. The fraction of sp³-hybridized carbons (Fsp3) is 0.708. The topological polar surface area (TPSA) is 232 Å². The first-order valence-electron chi connectivity index (χ1n) is 23.8. The summed E-state index contributed by atoms with van der Waals surface area (Å²) in [7, 11) is 3.41. The molecule has 19 heteroatoms. The molecule has 3 aliphatic rings. The molecule has 0 saturated carbocycles. The summed E-state index contributed by atoms with van der Waals surface area (Å²) >= 11 is 0. The Morgan fingerprint density at radius 1 is 1.09 bits per heavy atom. The molecule has 19 nitrogen and oxygen atoms in total. The second-order valence-corrected chi connectivity index (χ2v) is 19.3. The van der Waals surface area contributed by atoms with Crippen molar-refractivity contribution in [2.75, 3.05) is 27.3 Å². The zero-order valence-electron chi connectivity index (χ0n) is 40.5. The SMILES string of the molecule is CC[C@H]1OC(=O)[C@H](C)C(=O)[C@H](C)[C@@H](O[C@@H]2O[C@H](C)C[C@H](N(C)CCc3cn(CCCO)nn3)[C@H]2O)[C@](C)(OC)C[C@@H](C)C(=O)[C@@H]2C(CCCn3cnc(-c4cccnc4)c3)N[C@H]2[C@]1(C)OC=O. The number of methoxy groups -OCH3 is 1. The molecular weight excluding hydrogens is 865 g/mol. The summed E-state index contributed by atoms with van der Waals surface area (Å²) in [6, 6.07) is 2.37. The third kappa shape index (κ3) is 11.7. The van der Waals surface area contributed by atoms with Gasteiger partial charge in [0.05, 0.1) is 47.5 Å². The molecule has 3 aromatic rings. The van der Waals surface area contributed by atoms with Crippen LogP contribution in [0.25, 0.3) is 11.3 Å². The monoisotopic (exact) mass is 937 g/mol. The zero-order chi connectivity index (χ0) is 48.6. The maximum absolute atomic E-state index is 15.1. The Morgan fingerprint density at radius 2 is 1.87 bits per heavy atom. The second-order valence-electron chi connectivity index (χ2n) is 19.3. The molecule has 3 N–H and O–H groups in total. The maximum atomic E-state index is 15.1. The van der Waals surface area contributed by atoms with Gasteiger partial charge in [0.1, 0.15) is 23.9 Å². The van der Waals surface area contributed by atoms with Crippen molar-refractivity contribution in [3.8, 4) is 11.3 Å². The van der Waals surface area contributed by atoms with Crippen molar-refractivity contribution in [2.24, 2.45) is 23.7 Å². The summed E-state index contributed by atoms with van der Waals surface area (Å²) in [5.41, 5.74) is -0.304. The Bertz CT molecular complexity index is 2110. The molecule has 0 radical (unpaired) electrons. The number of nitrogens with zero attached hydrogens (tertiary/aromatic N) is 7. The number of Topliss-reactive ketones (excluding diaryl/α,β-unsaturated/α-hetero) is 2. The minimum absolute atomic E-state index is 0.0583. The van der Waals surface area contributed by atoms with Crippen LogP contribution < -0.4 is 5.32 Å². The first kappa shape index (κ1) is 51.9. The van der Waals surface area contributed by atoms with E-state index >= 15 is 4.79 Å². The Morgan fingerprint density at radius 3 is 2.55 bits per heavy atom. The molecule has 0 spiro atoms. The van der Waals surface area contributed by atoms with Crippen molar-refractivity contribution >= 4 is 24.0 Å². The van der Waals surface area contributed by atoms with Gasteiger partial charge >= 0.3 is 5.97 Å². The van der Waals surface area contributed by atoms with E-state index in [0.29, 0.717) is 58.2 Å². The van der Waals surface area contributed by atoms with Crippen LogP contribution in [0.15, 0.2) is 43.2 Å². The van der Waals surface area contributed by atoms with Gasteiger partial charge in [-0.2, -0.15) is 0 Å². The van der Waals surface area contributed by atoms with Crippen LogP contribution in [0, 0.1) is 23.7 Å². The number of carbonyl (C=O) groups is 4. The molecule has 0 aliphatic carbocycles. The molecule has 0 bridgehead atoms. The van der Waals surface area contributed by atoms with E-state index in [0.717, 1.165) is 17.0 Å². The molecular formula is C48H72N8O11. The number of hydrogen-bond acceptors (Lipinski definition) is 17. The third-order valence-electron chi connectivity index (χ3n) is 14.5. The van der Waals surface area contributed by atoms with Gasteiger partial charge in [0.25, 0.3) is 6.47 Å². The molecule has 1 unspecified atom stereocenters. The van der Waals surface area contributed by atoms with Gasteiger partial charge in [-0.05, 0) is 85.4 Å². The molecule has 3 aromatic heterocycles. The summed E-state index contributed by atoms with van der Waals surface area (Å²) in [5, 5.41) is 33.2. The number of pyridine rings is 1. The molecule has 14 atom stereocenters. The van der Waals surface area contributed by atoms with Crippen LogP contribution in [0.3, 0.4) is 0 Å². The minimum atomic E-state index is -1.46. The highest BCUT2D eigenvalue weighted by molar-refractivity contribution is 6.00. The number of ketones is 2. The summed E-state index contributed by atoms with van der Waals surface area (Å²) < 4.78 is 35.0. The number of aromatic nitrogens is 6. The van der Waals surface area contributed by atoms with Gasteiger partial charge in [-0.1, -0.05) is 26.0 Å². The van der Waals surface area contributed by atoms with Gasteiger partial charge in [0, 0.05) is 94.0 Å². The zero-order valence-corrected chi connectivity index (χ0v) is 40.5. The second kappa shape index (κ2) is 22.7. The van der Waals surface area contributed by atoms with E-state index in [-0.39, 0.29) is 37.4 Å². The number of carbonyl (C=O) groups excluding carboxylic acids is 4. The van der Waals surface area contributed by atoms with Crippen molar-refractivity contribution < 1.29 is 53.1 Å². The Balaban J connectivity index is 1.25. The molecule has 67 heavy (non-hydrogen) atoms. The number of aliphatic hydroxyl groups excluding tert-OH is 2. The van der Waals surface area contributed by atoms with Gasteiger partial charge in [-0.3, -0.25) is 28.8 Å². The van der Waals surface area contributed by atoms with Gasteiger partial charge in [0.15, 0.2) is 17.7 Å². The van der Waals surface area contributed by atoms with E-state index in [9.17, 15) is 24.6 Å². The lowest BCUT2D eigenvalue weighted by atomic mass is 9.65. The first-order chi connectivity index (χ1) is 32.0. The number of cyclic esters (lactones) is 1. The van der Waals surface area contributed by atoms with E-state index in [1.165, 1.54) is 14.0 Å². The highest BCUT2D eigenvalue weighted by Gasteiger charge is 2.60. The molecule has 3 saturated heterocycles. The summed E-state index contributed by atoms with van der Waals surface area (Å²) in [6.45, 7) is 14.2. The summed E-state index contributed by atoms with van der Waals surface area (Å²) in [4.78, 5) is 66.7. The Labute approximate surface area is 393 Å². The molecule has 6 rings (SSSR count). The molecule has 0 aromatic carbocycles. The van der Waals surface area contributed by atoms with Crippen molar-refractivity contribution in [2.45, 2.75) is 167 Å². The van der Waals surface area contributed by atoms with E-state index in [2.05, 4.69) is 25.6 Å². The van der Waals surface area contributed by atoms with Crippen molar-refractivity contribution in [1.29, 1.82) is 0 Å². The van der Waals surface area contributed by atoms with Gasteiger partial charge < -0.3 is 48.7 Å². The quantitative estimate of drug-likeness (QED) is 0.0945. The van der Waals surface area contributed by atoms with Crippen LogP contribution in [0.2, 0.25) is 0 Å². The minimum Gasteiger partial charge on any atom is -0.458 e. The van der Waals surface area contributed by atoms with Gasteiger partial charge in [0.2, 0.25) is 0 Å². The normalized spacial score (nSPS) is 34.2. The van der Waals surface area contributed by atoms with Crippen LogP contribution >= 0.6 is 0 Å². The van der Waals surface area contributed by atoms with Crippen molar-refractivity contribution in [1.82, 2.24) is 39.7 Å². The predicted molar refractivity (Wildman–Crippen MR) is 244 cm³/mol. The van der Waals surface area contributed by atoms with Gasteiger partial charge in [-0.25, -0.2) is 4.98 Å². The van der Waals surface area contributed by atoms with Crippen molar-refractivity contribution in [3.05, 3.63) is 48.9 Å². The molecule has 3 aliphatic heterocycles. The number of rotatable bonds is 18. The van der Waals surface area contributed by atoms with E-state index in [1.807, 2.05) is 54.9 Å². The predicted octanol–water partition coefficient (Wildman–Crippen LogP) is 3.19. The number of esters is 1. The van der Waals surface area contributed by atoms with E-state index < -0.39 is 83.3 Å². The number of ether oxygens (including phenoxy) is 5. The number of fused-ring (bicyclic) bond motifs is 1. The molecule has 370 valence electrons. The molecule has 6 heterocycles. The molecule has 3 fully saturated rings. The van der Waals surface area contributed by atoms with Gasteiger partial charge in [-0.15, -0.1) is 5.10 Å². The lowest BCUT2D eigenvalue weighted by Gasteiger charge is -2.55. The lowest BCUT2D eigenvalue weighted by molar-refractivity contribution is -0.296. The Kier molecular flexibility index (Phi) is 17.6. The maximum Gasteiger partial charge on any atom is 0.316 e. The number of hydrogen-bond donors (Lipinski definition) is 3. The smallest absolute Gasteiger partial charge is 0.316 e. The summed E-state index contributed by atoms with van der Waals surface area (Å²) in [5.74, 6) is -5.02.